The van der Waals surface area contributed by atoms with Crippen molar-refractivity contribution >= 4 is 23.5 Å². The Kier molecular flexibility index (Phi) is 7.37. The van der Waals surface area contributed by atoms with E-state index in [1.54, 1.807) is 4.98 Å². The van der Waals surface area contributed by atoms with Crippen LogP contribution in [0.2, 0.25) is 0 Å². The van der Waals surface area contributed by atoms with Crippen molar-refractivity contribution in [3.8, 4) is 0 Å². The number of nitrogens with zero attached hydrogens (tertiary/aromatic N) is 1. The molecular formula is C11H16FN2O15P3. The second kappa shape index (κ2) is 8.77. The zero-order chi connectivity index (χ0) is 24.8. The van der Waals surface area contributed by atoms with Crippen LogP contribution in [0.1, 0.15) is 6.23 Å². The lowest BCUT2D eigenvalue weighted by Gasteiger charge is -2.28. The van der Waals surface area contributed by atoms with Gasteiger partial charge < -0.3 is 34.5 Å². The molecule has 0 spiro atoms. The molecule has 32 heavy (non-hydrogen) atoms. The Bertz CT molecular complexity index is 1150. The second-order valence-corrected chi connectivity index (χ2v) is 10.6. The molecule has 1 saturated heterocycles. The van der Waals surface area contributed by atoms with Crippen LogP contribution in [0, 0.1) is 0 Å². The van der Waals surface area contributed by atoms with Crippen molar-refractivity contribution in [3.05, 3.63) is 45.8 Å². The van der Waals surface area contributed by atoms with Gasteiger partial charge in [-0.2, -0.15) is 8.62 Å². The highest BCUT2D eigenvalue weighted by atomic mass is 31.3. The number of phosphoric acid groups is 3. The van der Waals surface area contributed by atoms with Gasteiger partial charge in [0.1, 0.15) is 6.61 Å². The van der Waals surface area contributed by atoms with E-state index < -0.39 is 65.1 Å². The van der Waals surface area contributed by atoms with E-state index in [1.807, 2.05) is 0 Å². The number of H-pyrrole nitrogens is 1. The number of nitrogens with one attached hydrogen (secondary N) is 1. The summed E-state index contributed by atoms with van der Waals surface area (Å²) in [6.45, 7) is 1.37. The summed E-state index contributed by atoms with van der Waals surface area (Å²) >= 11 is 0. The maximum Gasteiger partial charge on any atom is 0.490 e. The SMILES string of the molecule is C=CC1(O)C(n2ccc(=O)[nH]c2=O)OC(F)(COP(=O)(O)OP(=O)(O)OP(=O)(O)O)C1O. The third-order valence-electron chi connectivity index (χ3n) is 3.82. The number of aliphatic hydroxyl groups excluding tert-OH is 1. The molecule has 17 nitrogen and oxygen atoms in total. The van der Waals surface area contributed by atoms with Crippen LogP contribution in [-0.2, 0) is 31.6 Å². The first kappa shape index (κ1) is 26.9. The molecule has 6 unspecified atom stereocenters. The molecule has 182 valence electrons. The van der Waals surface area contributed by atoms with Gasteiger partial charge >= 0.3 is 29.2 Å². The number of aromatic nitrogens is 2. The van der Waals surface area contributed by atoms with Crippen molar-refractivity contribution in [2.24, 2.45) is 0 Å². The molecule has 1 aromatic heterocycles. The van der Waals surface area contributed by atoms with Crippen LogP contribution in [0.5, 0.6) is 0 Å². The van der Waals surface area contributed by atoms with E-state index in [0.717, 1.165) is 12.3 Å². The minimum absolute atomic E-state index is 0.443. The molecule has 1 fully saturated rings. The zero-order valence-corrected chi connectivity index (χ0v) is 18.0. The number of halogens is 1. The van der Waals surface area contributed by atoms with Gasteiger partial charge in [-0.25, -0.2) is 22.9 Å². The van der Waals surface area contributed by atoms with Gasteiger partial charge in [0.25, 0.3) is 11.4 Å². The van der Waals surface area contributed by atoms with E-state index in [4.69, 9.17) is 19.4 Å². The monoisotopic (exact) mass is 528 g/mol. The highest BCUT2D eigenvalue weighted by Crippen LogP contribution is 2.66. The Balaban J connectivity index is 2.28. The number of phosphoric ester groups is 1. The van der Waals surface area contributed by atoms with Crippen molar-refractivity contribution in [3.63, 3.8) is 0 Å². The summed E-state index contributed by atoms with van der Waals surface area (Å²) in [6.07, 6.45) is -3.44. The summed E-state index contributed by atoms with van der Waals surface area (Å²) in [5.74, 6) is -3.60. The van der Waals surface area contributed by atoms with Crippen molar-refractivity contribution < 1.29 is 65.8 Å². The Labute approximate surface area is 175 Å². The predicted molar refractivity (Wildman–Crippen MR) is 96.3 cm³/mol. The molecule has 21 heteroatoms. The van der Waals surface area contributed by atoms with Crippen LogP contribution in [-0.4, -0.2) is 63.5 Å². The Morgan fingerprint density at radius 3 is 2.31 bits per heavy atom. The van der Waals surface area contributed by atoms with Crippen molar-refractivity contribution in [1.29, 1.82) is 0 Å². The minimum Gasteiger partial charge on any atom is -0.383 e. The van der Waals surface area contributed by atoms with Gasteiger partial charge in [0.2, 0.25) is 0 Å². The first-order valence-electron chi connectivity index (χ1n) is 7.85. The average Bonchev–Trinajstić information content (AvgIpc) is 2.80. The molecule has 2 heterocycles. The molecule has 1 aliphatic rings. The number of rotatable bonds is 9. The van der Waals surface area contributed by atoms with Gasteiger partial charge in [0, 0.05) is 12.3 Å². The molecule has 7 N–H and O–H groups in total. The number of ether oxygens (including phenoxy) is 1. The molecule has 0 aromatic carbocycles. The third-order valence-corrected chi connectivity index (χ3v) is 7.60. The standard InChI is InChI=1S/C11H16FN2O15P3/c1-2-10(18)7(16)11(12,27-8(10)14-4-3-6(15)13-9(14)17)5-26-31(22,23)29-32(24,25)28-30(19,20)21/h2-4,7-8,16,18H,1,5H2,(H,22,23)(H,24,25)(H,13,15,17)(H2,19,20,21). The lowest BCUT2D eigenvalue weighted by molar-refractivity contribution is -0.204. The smallest absolute Gasteiger partial charge is 0.383 e. The summed E-state index contributed by atoms with van der Waals surface area (Å²) in [4.78, 5) is 60.3. The maximum absolute atomic E-state index is 15.2. The summed E-state index contributed by atoms with van der Waals surface area (Å²) in [6, 6.07) is 0.783. The van der Waals surface area contributed by atoms with Gasteiger partial charge in [-0.15, -0.1) is 0 Å². The fourth-order valence-electron chi connectivity index (χ4n) is 2.51. The zero-order valence-electron chi connectivity index (χ0n) is 15.3. The summed E-state index contributed by atoms with van der Waals surface area (Å²) in [5.41, 5.74) is -4.87. The van der Waals surface area contributed by atoms with Crippen LogP contribution in [0.3, 0.4) is 0 Å². The molecule has 1 aromatic rings. The average molecular weight is 528 g/mol. The molecule has 6 atom stereocenters. The number of hydrogen-bond acceptors (Lipinski definition) is 11. The first-order valence-corrected chi connectivity index (χ1v) is 12.4. The van der Waals surface area contributed by atoms with E-state index in [0.29, 0.717) is 10.6 Å². The highest BCUT2D eigenvalue weighted by molar-refractivity contribution is 7.66. The van der Waals surface area contributed by atoms with Gasteiger partial charge in [0.05, 0.1) is 0 Å². The number of alkyl halides is 1. The largest absolute Gasteiger partial charge is 0.490 e. The third kappa shape index (κ3) is 5.95. The minimum atomic E-state index is -5.91. The Morgan fingerprint density at radius 1 is 1.22 bits per heavy atom. The van der Waals surface area contributed by atoms with Crippen LogP contribution in [0.4, 0.5) is 4.39 Å². The van der Waals surface area contributed by atoms with E-state index in [2.05, 4.69) is 19.7 Å². The molecule has 1 aliphatic heterocycles. The molecule has 2 rings (SSSR count). The van der Waals surface area contributed by atoms with Crippen molar-refractivity contribution in [2.45, 2.75) is 23.8 Å². The van der Waals surface area contributed by atoms with Crippen LogP contribution < -0.4 is 11.2 Å². The second-order valence-electron chi connectivity index (χ2n) is 6.13. The molecular weight excluding hydrogens is 512 g/mol. The fraction of sp³-hybridized carbons (Fsp3) is 0.455. The Hall–Kier alpha value is -1.36. The van der Waals surface area contributed by atoms with E-state index in [-0.39, 0.29) is 0 Å². The summed E-state index contributed by atoms with van der Waals surface area (Å²) < 4.78 is 65.0. The van der Waals surface area contributed by atoms with Crippen molar-refractivity contribution in [1.82, 2.24) is 9.55 Å². The lowest BCUT2D eigenvalue weighted by atomic mass is 9.93. The summed E-state index contributed by atoms with van der Waals surface area (Å²) in [5, 5.41) is 20.8. The van der Waals surface area contributed by atoms with Gasteiger partial charge in [-0.05, 0) is 0 Å². The molecule has 0 bridgehead atoms. The number of hydrogen-bond donors (Lipinski definition) is 7. The predicted octanol–water partition coefficient (Wildman–Crippen LogP) is -1.65. The van der Waals surface area contributed by atoms with E-state index in [1.165, 1.54) is 0 Å². The topological polar surface area (TPSA) is 264 Å². The van der Waals surface area contributed by atoms with Crippen LogP contribution in [0.15, 0.2) is 34.5 Å². The van der Waals surface area contributed by atoms with Gasteiger partial charge in [0.15, 0.2) is 17.9 Å². The number of aliphatic hydroxyl groups is 2. The lowest BCUT2D eigenvalue weighted by Crippen LogP contribution is -2.50. The molecule has 0 amide bonds. The van der Waals surface area contributed by atoms with Crippen molar-refractivity contribution in [2.75, 3.05) is 6.61 Å². The first-order chi connectivity index (χ1) is 14.3. The normalized spacial score (nSPS) is 32.2. The molecule has 0 aliphatic carbocycles. The summed E-state index contributed by atoms with van der Waals surface area (Å²) in [7, 11) is -17.4. The van der Waals surface area contributed by atoms with Gasteiger partial charge in [-0.1, -0.05) is 12.7 Å². The van der Waals surface area contributed by atoms with E-state index in [9.17, 15) is 38.4 Å². The highest BCUT2D eigenvalue weighted by Gasteiger charge is 2.65. The fourth-order valence-corrected chi connectivity index (χ4v) is 5.55. The Morgan fingerprint density at radius 2 is 1.81 bits per heavy atom. The number of aromatic amines is 1. The molecule has 0 saturated carbocycles. The maximum atomic E-state index is 15.2. The van der Waals surface area contributed by atoms with E-state index >= 15 is 4.39 Å². The van der Waals surface area contributed by atoms with Gasteiger partial charge in [-0.3, -0.25) is 18.9 Å². The van der Waals surface area contributed by atoms with Crippen LogP contribution >= 0.6 is 23.5 Å². The molecule has 0 radical (unpaired) electrons. The quantitative estimate of drug-likeness (QED) is 0.140. The van der Waals surface area contributed by atoms with Crippen LogP contribution in [0.25, 0.3) is 0 Å².